The van der Waals surface area contributed by atoms with Crippen molar-refractivity contribution >= 4 is 11.6 Å². The van der Waals surface area contributed by atoms with E-state index >= 15 is 0 Å². The van der Waals surface area contributed by atoms with Gasteiger partial charge in [0.25, 0.3) is 0 Å². The van der Waals surface area contributed by atoms with E-state index < -0.39 is 0 Å². The normalized spacial score (nSPS) is 18.9. The Labute approximate surface area is 119 Å². The van der Waals surface area contributed by atoms with Crippen LogP contribution in [0, 0.1) is 5.92 Å². The van der Waals surface area contributed by atoms with Crippen LogP contribution in [0.5, 0.6) is 0 Å². The predicted molar refractivity (Wildman–Crippen MR) is 78.5 cm³/mol. The van der Waals surface area contributed by atoms with Crippen molar-refractivity contribution < 1.29 is 4.79 Å². The van der Waals surface area contributed by atoms with Crippen molar-refractivity contribution in [3.8, 4) is 0 Å². The molecule has 0 aliphatic carbocycles. The van der Waals surface area contributed by atoms with E-state index in [9.17, 15) is 4.79 Å². The monoisotopic (exact) mass is 271 g/mol. The molecule has 1 aliphatic rings. The van der Waals surface area contributed by atoms with Crippen molar-refractivity contribution in [2.45, 2.75) is 45.6 Å². The molecular formula is C16H21N3O. The van der Waals surface area contributed by atoms with Crippen LogP contribution in [0.4, 0.5) is 0 Å². The number of hydrogen-bond acceptors (Lipinski definition) is 2. The van der Waals surface area contributed by atoms with E-state index in [1.807, 2.05) is 18.2 Å². The minimum atomic E-state index is 0.143. The molecule has 1 unspecified atom stereocenters. The van der Waals surface area contributed by atoms with Crippen LogP contribution in [-0.2, 0) is 11.3 Å². The molecule has 1 amide bonds. The summed E-state index contributed by atoms with van der Waals surface area (Å²) in [7, 11) is 0. The zero-order valence-corrected chi connectivity index (χ0v) is 12.1. The minimum absolute atomic E-state index is 0.143. The highest BCUT2D eigenvalue weighted by Gasteiger charge is 2.31. The third-order valence-electron chi connectivity index (χ3n) is 4.47. The van der Waals surface area contributed by atoms with Crippen molar-refractivity contribution in [2.24, 2.45) is 5.92 Å². The summed E-state index contributed by atoms with van der Waals surface area (Å²) in [6.45, 7) is 4.96. The van der Waals surface area contributed by atoms with Crippen molar-refractivity contribution in [3.63, 3.8) is 0 Å². The lowest BCUT2D eigenvalue weighted by atomic mass is 9.82. The van der Waals surface area contributed by atoms with Crippen LogP contribution in [0.3, 0.4) is 0 Å². The highest BCUT2D eigenvalue weighted by atomic mass is 16.1. The van der Waals surface area contributed by atoms with Gasteiger partial charge in [-0.25, -0.2) is 4.98 Å². The van der Waals surface area contributed by atoms with E-state index in [0.29, 0.717) is 18.9 Å². The highest BCUT2D eigenvalue weighted by Crippen LogP contribution is 2.36. The van der Waals surface area contributed by atoms with Crippen molar-refractivity contribution in [1.29, 1.82) is 0 Å². The standard InChI is InChI=1S/C16H21N3O/c1-3-11(4-2)12-9-15(20)17-10-13-16(12)19-8-6-5-7-14(19)18-13/h5-8,11-12H,3-4,9-10H2,1-2H3,(H,17,20). The van der Waals surface area contributed by atoms with E-state index in [1.165, 1.54) is 5.69 Å². The smallest absolute Gasteiger partial charge is 0.221 e. The fourth-order valence-corrected chi connectivity index (χ4v) is 3.38. The van der Waals surface area contributed by atoms with Crippen LogP contribution in [0.15, 0.2) is 24.4 Å². The molecule has 2 aromatic rings. The van der Waals surface area contributed by atoms with E-state index in [2.05, 4.69) is 29.8 Å². The topological polar surface area (TPSA) is 46.4 Å². The van der Waals surface area contributed by atoms with Gasteiger partial charge in [-0.1, -0.05) is 32.8 Å². The van der Waals surface area contributed by atoms with Gasteiger partial charge in [0.15, 0.2) is 0 Å². The molecule has 0 bridgehead atoms. The van der Waals surface area contributed by atoms with Gasteiger partial charge >= 0.3 is 0 Å². The Bertz CT molecular complexity index is 628. The molecule has 2 aromatic heterocycles. The Morgan fingerprint density at radius 2 is 2.20 bits per heavy atom. The Kier molecular flexibility index (Phi) is 3.47. The van der Waals surface area contributed by atoms with Crippen molar-refractivity contribution in [2.75, 3.05) is 0 Å². The zero-order chi connectivity index (χ0) is 14.1. The van der Waals surface area contributed by atoms with Gasteiger partial charge in [0.2, 0.25) is 5.91 Å². The number of carbonyl (C=O) groups is 1. The van der Waals surface area contributed by atoms with Gasteiger partial charge in [0.05, 0.1) is 17.9 Å². The number of imidazole rings is 1. The molecule has 1 N–H and O–H groups in total. The molecule has 0 saturated carbocycles. The average Bonchev–Trinajstić information content (AvgIpc) is 2.75. The minimum Gasteiger partial charge on any atom is -0.350 e. The number of amides is 1. The first-order valence-corrected chi connectivity index (χ1v) is 7.47. The van der Waals surface area contributed by atoms with Crippen molar-refractivity contribution in [3.05, 3.63) is 35.8 Å². The number of nitrogens with one attached hydrogen (secondary N) is 1. The number of nitrogens with zero attached hydrogens (tertiary/aromatic N) is 2. The van der Waals surface area contributed by atoms with Crippen LogP contribution in [0.1, 0.15) is 50.4 Å². The molecule has 3 rings (SSSR count). The first kappa shape index (κ1) is 13.2. The van der Waals surface area contributed by atoms with Gasteiger partial charge in [0.1, 0.15) is 5.65 Å². The number of hydrogen-bond donors (Lipinski definition) is 1. The van der Waals surface area contributed by atoms with Crippen LogP contribution in [0.2, 0.25) is 0 Å². The van der Waals surface area contributed by atoms with Crippen LogP contribution in [0.25, 0.3) is 5.65 Å². The number of fused-ring (bicyclic) bond motifs is 3. The van der Waals surface area contributed by atoms with Crippen LogP contribution < -0.4 is 5.32 Å². The summed E-state index contributed by atoms with van der Waals surface area (Å²) in [6, 6.07) is 6.06. The fourth-order valence-electron chi connectivity index (χ4n) is 3.38. The molecule has 4 heteroatoms. The summed E-state index contributed by atoms with van der Waals surface area (Å²) >= 11 is 0. The Morgan fingerprint density at radius 1 is 1.40 bits per heavy atom. The van der Waals surface area contributed by atoms with E-state index in [4.69, 9.17) is 4.98 Å². The summed E-state index contributed by atoms with van der Waals surface area (Å²) in [4.78, 5) is 16.7. The quantitative estimate of drug-likeness (QED) is 0.933. The largest absolute Gasteiger partial charge is 0.350 e. The maximum atomic E-state index is 12.0. The molecule has 20 heavy (non-hydrogen) atoms. The van der Waals surface area contributed by atoms with Gasteiger partial charge < -0.3 is 9.72 Å². The molecule has 0 aromatic carbocycles. The summed E-state index contributed by atoms with van der Waals surface area (Å²) < 4.78 is 2.17. The van der Waals surface area contributed by atoms with E-state index in [1.54, 1.807) is 0 Å². The molecule has 0 radical (unpaired) electrons. The highest BCUT2D eigenvalue weighted by molar-refractivity contribution is 5.77. The molecule has 106 valence electrons. The van der Waals surface area contributed by atoms with Gasteiger partial charge in [-0.3, -0.25) is 4.79 Å². The second-order valence-corrected chi connectivity index (χ2v) is 5.54. The third kappa shape index (κ3) is 2.09. The maximum absolute atomic E-state index is 12.0. The second kappa shape index (κ2) is 5.27. The molecule has 0 spiro atoms. The lowest BCUT2D eigenvalue weighted by Gasteiger charge is -2.23. The molecule has 1 aliphatic heterocycles. The maximum Gasteiger partial charge on any atom is 0.221 e. The van der Waals surface area contributed by atoms with E-state index in [-0.39, 0.29) is 11.8 Å². The summed E-state index contributed by atoms with van der Waals surface area (Å²) in [5, 5.41) is 2.98. The first-order valence-electron chi connectivity index (χ1n) is 7.47. The number of rotatable bonds is 3. The molecule has 0 saturated heterocycles. The lowest BCUT2D eigenvalue weighted by molar-refractivity contribution is -0.121. The Morgan fingerprint density at radius 3 is 2.95 bits per heavy atom. The fraction of sp³-hybridized carbons (Fsp3) is 0.500. The van der Waals surface area contributed by atoms with E-state index in [0.717, 1.165) is 24.2 Å². The molecule has 1 atom stereocenters. The second-order valence-electron chi connectivity index (χ2n) is 5.54. The predicted octanol–water partition coefficient (Wildman–Crippen LogP) is 2.87. The van der Waals surface area contributed by atoms with Crippen LogP contribution >= 0.6 is 0 Å². The van der Waals surface area contributed by atoms with Gasteiger partial charge in [-0.2, -0.15) is 0 Å². The number of aromatic nitrogens is 2. The molecular weight excluding hydrogens is 250 g/mol. The summed E-state index contributed by atoms with van der Waals surface area (Å²) in [5.74, 6) is 0.933. The number of carbonyl (C=O) groups excluding carboxylic acids is 1. The number of pyridine rings is 1. The van der Waals surface area contributed by atoms with Gasteiger partial charge in [-0.05, 0) is 18.1 Å². The van der Waals surface area contributed by atoms with Gasteiger partial charge in [-0.15, -0.1) is 0 Å². The average molecular weight is 271 g/mol. The van der Waals surface area contributed by atoms with Crippen LogP contribution in [-0.4, -0.2) is 15.3 Å². The molecule has 4 nitrogen and oxygen atoms in total. The molecule has 3 heterocycles. The van der Waals surface area contributed by atoms with Crippen molar-refractivity contribution in [1.82, 2.24) is 14.7 Å². The molecule has 0 fully saturated rings. The summed E-state index contributed by atoms with van der Waals surface area (Å²) in [5.41, 5.74) is 3.23. The zero-order valence-electron chi connectivity index (χ0n) is 12.1. The third-order valence-corrected chi connectivity index (χ3v) is 4.47. The summed E-state index contributed by atoms with van der Waals surface area (Å²) in [6.07, 6.45) is 4.82. The SMILES string of the molecule is CCC(CC)C1CC(=O)NCc2nc3ccccn3c21. The Balaban J connectivity index is 2.17. The first-order chi connectivity index (χ1) is 9.74. The lowest BCUT2D eigenvalue weighted by Crippen LogP contribution is -2.23. The van der Waals surface area contributed by atoms with Gasteiger partial charge in [0, 0.05) is 18.5 Å². The Hall–Kier alpha value is -1.84.